The number of aliphatic carboxylic acids is 1. The Bertz CT molecular complexity index is 1030. The van der Waals surface area contributed by atoms with E-state index in [-0.39, 0.29) is 24.0 Å². The molecule has 0 fully saturated rings. The van der Waals surface area contributed by atoms with E-state index in [4.69, 9.17) is 9.47 Å². The van der Waals surface area contributed by atoms with Crippen LogP contribution in [0, 0.1) is 5.92 Å². The van der Waals surface area contributed by atoms with E-state index in [0.29, 0.717) is 6.42 Å². The standard InChI is InChI=1S/C27H31NO6/c1-16(2)14-23(26(31)34-24(17(3)4)25(29)30)28(5)27(32)33-15-22-20-12-8-6-10-18(20)19-11-7-9-13-21(19)22/h6-13,16,22-24H,3,14-15H2,1-2,4-5H3,(H,29,30)/t23-,24?/m0/s1. The molecule has 1 amide bonds. The molecule has 0 bridgehead atoms. The average Bonchev–Trinajstić information content (AvgIpc) is 3.12. The van der Waals surface area contributed by atoms with Crippen LogP contribution >= 0.6 is 0 Å². The number of carboxylic acids is 1. The minimum Gasteiger partial charge on any atom is -0.478 e. The first-order chi connectivity index (χ1) is 16.1. The van der Waals surface area contributed by atoms with Crippen LogP contribution in [0.4, 0.5) is 4.79 Å². The second-order valence-electron chi connectivity index (χ2n) is 9.06. The van der Waals surface area contributed by atoms with E-state index in [1.54, 1.807) is 0 Å². The van der Waals surface area contributed by atoms with Crippen molar-refractivity contribution in [2.45, 2.75) is 45.3 Å². The normalized spacial score (nSPS) is 14.0. The monoisotopic (exact) mass is 465 g/mol. The quantitative estimate of drug-likeness (QED) is 0.420. The minimum atomic E-state index is -1.47. The van der Waals surface area contributed by atoms with Crippen LogP contribution in [0.15, 0.2) is 60.7 Å². The Balaban J connectivity index is 1.74. The third-order valence-corrected chi connectivity index (χ3v) is 5.96. The maximum Gasteiger partial charge on any atom is 0.410 e. The summed E-state index contributed by atoms with van der Waals surface area (Å²) in [6, 6.07) is 15.1. The number of carbonyl (C=O) groups excluding carboxylic acids is 2. The Morgan fingerprint density at radius 1 is 1.03 bits per heavy atom. The topological polar surface area (TPSA) is 93.1 Å². The van der Waals surface area contributed by atoms with Crippen molar-refractivity contribution in [1.82, 2.24) is 4.90 Å². The number of nitrogens with zero attached hydrogens (tertiary/aromatic N) is 1. The van der Waals surface area contributed by atoms with Crippen LogP contribution in [-0.2, 0) is 19.1 Å². The number of carbonyl (C=O) groups is 3. The molecule has 1 aliphatic carbocycles. The zero-order valence-corrected chi connectivity index (χ0v) is 20.0. The van der Waals surface area contributed by atoms with Crippen LogP contribution in [0.2, 0.25) is 0 Å². The number of hydrogen-bond acceptors (Lipinski definition) is 5. The van der Waals surface area contributed by atoms with Gasteiger partial charge in [0.15, 0.2) is 0 Å². The molecule has 1 aliphatic rings. The van der Waals surface area contributed by atoms with E-state index in [9.17, 15) is 19.5 Å². The van der Waals surface area contributed by atoms with E-state index in [2.05, 4.69) is 18.7 Å². The molecule has 0 heterocycles. The Morgan fingerprint density at radius 3 is 2.03 bits per heavy atom. The molecule has 0 aromatic heterocycles. The molecule has 0 saturated heterocycles. The van der Waals surface area contributed by atoms with Crippen molar-refractivity contribution >= 4 is 18.0 Å². The van der Waals surface area contributed by atoms with Gasteiger partial charge in [0, 0.05) is 13.0 Å². The summed E-state index contributed by atoms with van der Waals surface area (Å²) in [5, 5.41) is 9.33. The van der Waals surface area contributed by atoms with E-state index >= 15 is 0 Å². The van der Waals surface area contributed by atoms with Gasteiger partial charge in [-0.15, -0.1) is 0 Å². The number of esters is 1. The van der Waals surface area contributed by atoms with E-state index < -0.39 is 30.2 Å². The molecule has 0 saturated carbocycles. The summed E-state index contributed by atoms with van der Waals surface area (Å²) in [6.07, 6.45) is -1.85. The maximum absolute atomic E-state index is 13.0. The summed E-state index contributed by atoms with van der Waals surface area (Å²) in [7, 11) is 1.46. The molecule has 3 rings (SSSR count). The molecule has 180 valence electrons. The van der Waals surface area contributed by atoms with Gasteiger partial charge >= 0.3 is 18.0 Å². The smallest absolute Gasteiger partial charge is 0.410 e. The lowest BCUT2D eigenvalue weighted by atomic mass is 9.98. The Hall–Kier alpha value is -3.61. The van der Waals surface area contributed by atoms with Gasteiger partial charge in [-0.25, -0.2) is 14.4 Å². The molecule has 34 heavy (non-hydrogen) atoms. The Morgan fingerprint density at radius 2 is 1.56 bits per heavy atom. The second-order valence-corrected chi connectivity index (χ2v) is 9.06. The van der Waals surface area contributed by atoms with E-state index in [1.165, 1.54) is 18.9 Å². The van der Waals surface area contributed by atoms with Gasteiger partial charge < -0.3 is 14.6 Å². The lowest BCUT2D eigenvalue weighted by Gasteiger charge is -2.29. The van der Waals surface area contributed by atoms with Crippen molar-refractivity contribution in [1.29, 1.82) is 0 Å². The van der Waals surface area contributed by atoms with E-state index in [1.807, 2.05) is 50.2 Å². The van der Waals surface area contributed by atoms with Crippen LogP contribution in [-0.4, -0.2) is 53.8 Å². The molecular formula is C27H31NO6. The molecule has 7 nitrogen and oxygen atoms in total. The van der Waals surface area contributed by atoms with Crippen LogP contribution < -0.4 is 0 Å². The number of ether oxygens (including phenoxy) is 2. The zero-order chi connectivity index (χ0) is 25.0. The predicted molar refractivity (Wildman–Crippen MR) is 128 cm³/mol. The highest BCUT2D eigenvalue weighted by Gasteiger charge is 2.35. The summed E-state index contributed by atoms with van der Waals surface area (Å²) in [6.45, 7) is 8.97. The molecule has 0 radical (unpaired) electrons. The Labute approximate surface area is 200 Å². The summed E-state index contributed by atoms with van der Waals surface area (Å²) in [5.41, 5.74) is 4.60. The first-order valence-corrected chi connectivity index (χ1v) is 11.3. The number of rotatable bonds is 9. The largest absolute Gasteiger partial charge is 0.478 e. The molecule has 7 heteroatoms. The first kappa shape index (κ1) is 25.0. The van der Waals surface area contributed by atoms with Gasteiger partial charge in [0.05, 0.1) is 0 Å². The van der Waals surface area contributed by atoms with Crippen LogP contribution in [0.1, 0.15) is 44.2 Å². The van der Waals surface area contributed by atoms with E-state index in [0.717, 1.165) is 22.3 Å². The summed E-state index contributed by atoms with van der Waals surface area (Å²) >= 11 is 0. The molecule has 2 atom stereocenters. The van der Waals surface area contributed by atoms with Crippen LogP contribution in [0.25, 0.3) is 11.1 Å². The third kappa shape index (κ3) is 5.30. The van der Waals surface area contributed by atoms with Gasteiger partial charge in [0.2, 0.25) is 6.10 Å². The zero-order valence-electron chi connectivity index (χ0n) is 20.0. The summed E-state index contributed by atoms with van der Waals surface area (Å²) in [5.74, 6) is -2.18. The lowest BCUT2D eigenvalue weighted by Crippen LogP contribution is -2.46. The number of likely N-dealkylation sites (N-methyl/N-ethyl adjacent to an activating group) is 1. The van der Waals surface area contributed by atoms with Gasteiger partial charge in [-0.3, -0.25) is 4.90 Å². The van der Waals surface area contributed by atoms with Crippen molar-refractivity contribution in [2.75, 3.05) is 13.7 Å². The predicted octanol–water partition coefficient (Wildman–Crippen LogP) is 4.85. The highest BCUT2D eigenvalue weighted by molar-refractivity contribution is 5.85. The van der Waals surface area contributed by atoms with Crippen LogP contribution in [0.5, 0.6) is 0 Å². The highest BCUT2D eigenvalue weighted by Crippen LogP contribution is 2.44. The van der Waals surface area contributed by atoms with Gasteiger partial charge in [0.1, 0.15) is 12.6 Å². The van der Waals surface area contributed by atoms with Crippen molar-refractivity contribution in [2.24, 2.45) is 5.92 Å². The molecule has 1 unspecified atom stereocenters. The Kier molecular flexibility index (Phi) is 7.76. The number of carboxylic acid groups (broad SMARTS) is 1. The molecule has 0 aliphatic heterocycles. The number of benzene rings is 2. The van der Waals surface area contributed by atoms with Gasteiger partial charge in [-0.05, 0) is 47.1 Å². The minimum absolute atomic E-state index is 0.0505. The maximum atomic E-state index is 13.0. The molecular weight excluding hydrogens is 434 g/mol. The average molecular weight is 466 g/mol. The fourth-order valence-electron chi connectivity index (χ4n) is 4.24. The van der Waals surface area contributed by atoms with Gasteiger partial charge in [-0.2, -0.15) is 0 Å². The summed E-state index contributed by atoms with van der Waals surface area (Å²) in [4.78, 5) is 38.4. The van der Waals surface area contributed by atoms with Crippen molar-refractivity contribution in [3.05, 3.63) is 71.8 Å². The molecule has 2 aromatic carbocycles. The first-order valence-electron chi connectivity index (χ1n) is 11.3. The lowest BCUT2D eigenvalue weighted by molar-refractivity contribution is -0.164. The van der Waals surface area contributed by atoms with Crippen molar-refractivity contribution < 1.29 is 29.0 Å². The fourth-order valence-corrected chi connectivity index (χ4v) is 4.24. The molecule has 2 aromatic rings. The number of amides is 1. The van der Waals surface area contributed by atoms with Crippen molar-refractivity contribution in [3.8, 4) is 11.1 Å². The van der Waals surface area contributed by atoms with Gasteiger partial charge in [-0.1, -0.05) is 69.0 Å². The highest BCUT2D eigenvalue weighted by atomic mass is 16.6. The number of fused-ring (bicyclic) bond motifs is 3. The third-order valence-electron chi connectivity index (χ3n) is 5.96. The SMILES string of the molecule is C=C(C)C(OC(=O)[C@H](CC(C)C)N(C)C(=O)OCC1c2ccccc2-c2ccccc21)C(=O)O. The summed E-state index contributed by atoms with van der Waals surface area (Å²) < 4.78 is 10.9. The van der Waals surface area contributed by atoms with Gasteiger partial charge in [0.25, 0.3) is 0 Å². The molecule has 0 spiro atoms. The van der Waals surface area contributed by atoms with Crippen molar-refractivity contribution in [3.63, 3.8) is 0 Å². The fraction of sp³-hybridized carbons (Fsp3) is 0.370. The number of hydrogen-bond donors (Lipinski definition) is 1. The van der Waals surface area contributed by atoms with Crippen LogP contribution in [0.3, 0.4) is 0 Å². The molecule has 1 N–H and O–H groups in total. The second kappa shape index (κ2) is 10.5.